The molecule has 0 unspecified atom stereocenters. The van der Waals surface area contributed by atoms with Crippen LogP contribution in [0.4, 0.5) is 14.9 Å². The molecule has 31 heavy (non-hydrogen) atoms. The van der Waals surface area contributed by atoms with E-state index in [9.17, 15) is 14.0 Å². The number of halogens is 1. The number of aromatic nitrogens is 2. The fourth-order valence-corrected chi connectivity index (χ4v) is 3.71. The van der Waals surface area contributed by atoms with Crippen molar-refractivity contribution in [1.82, 2.24) is 14.7 Å². The lowest BCUT2D eigenvalue weighted by Gasteiger charge is -2.32. The molecule has 0 fully saturated rings. The van der Waals surface area contributed by atoms with Crippen molar-refractivity contribution in [2.75, 3.05) is 11.9 Å². The number of hydrogen-bond acceptors (Lipinski definition) is 4. The summed E-state index contributed by atoms with van der Waals surface area (Å²) in [7, 11) is 0. The molecule has 0 radical (unpaired) electrons. The van der Waals surface area contributed by atoms with E-state index in [1.807, 2.05) is 13.0 Å². The molecule has 0 saturated heterocycles. The van der Waals surface area contributed by atoms with E-state index in [0.29, 0.717) is 34.7 Å². The van der Waals surface area contributed by atoms with Gasteiger partial charge >= 0.3 is 6.03 Å². The van der Waals surface area contributed by atoms with E-state index in [1.165, 1.54) is 18.2 Å². The molecule has 0 aliphatic carbocycles. The second kappa shape index (κ2) is 7.91. The maximum Gasteiger partial charge on any atom is 0.322 e. The van der Waals surface area contributed by atoms with Crippen LogP contribution in [0.3, 0.4) is 0 Å². The van der Waals surface area contributed by atoms with E-state index < -0.39 is 11.7 Å². The first-order valence-corrected chi connectivity index (χ1v) is 9.60. The molecular weight excluding hydrogens is 399 g/mol. The summed E-state index contributed by atoms with van der Waals surface area (Å²) in [6, 6.07) is 13.7. The molecule has 1 aromatic heterocycles. The van der Waals surface area contributed by atoms with Gasteiger partial charge < -0.3 is 16.0 Å². The minimum absolute atomic E-state index is 0.118. The van der Waals surface area contributed by atoms with Crippen LogP contribution >= 0.6 is 0 Å². The summed E-state index contributed by atoms with van der Waals surface area (Å²) in [5, 5.41) is 16.2. The largest absolute Gasteiger partial charge is 0.365 e. The zero-order valence-corrected chi connectivity index (χ0v) is 16.7. The van der Waals surface area contributed by atoms with Crippen LogP contribution in [-0.4, -0.2) is 33.2 Å². The first kappa shape index (κ1) is 20.1. The Balaban J connectivity index is 1.65. The number of urea groups is 1. The van der Waals surface area contributed by atoms with Crippen molar-refractivity contribution in [3.8, 4) is 17.3 Å². The Labute approximate surface area is 177 Å². The molecule has 9 heteroatoms. The Hall–Kier alpha value is -4.19. The number of nitrogens with two attached hydrogens (primary N) is 1. The summed E-state index contributed by atoms with van der Waals surface area (Å²) in [6.07, 6.45) is 0. The van der Waals surface area contributed by atoms with Crippen LogP contribution in [0.25, 0.3) is 11.3 Å². The maximum atomic E-state index is 13.7. The average Bonchev–Trinajstić information content (AvgIpc) is 3.15. The maximum absolute atomic E-state index is 13.7. The van der Waals surface area contributed by atoms with Gasteiger partial charge in [-0.1, -0.05) is 12.1 Å². The van der Waals surface area contributed by atoms with E-state index in [-0.39, 0.29) is 24.2 Å². The van der Waals surface area contributed by atoms with Gasteiger partial charge in [-0.05, 0) is 43.3 Å². The number of carbonyl (C=O) groups is 2. The Morgan fingerprint density at radius 2 is 2.00 bits per heavy atom. The zero-order chi connectivity index (χ0) is 22.1. The topological polar surface area (TPSA) is 117 Å². The van der Waals surface area contributed by atoms with E-state index in [2.05, 4.69) is 10.4 Å². The number of nitrogens with zero attached hydrogens (tertiary/aromatic N) is 4. The number of fused-ring (bicyclic) bond motifs is 1. The highest BCUT2D eigenvalue weighted by Gasteiger charge is 2.33. The SMILES string of the molecule is C[C@@H]1CN(C(=O)Nc2ccc(C#N)cc2)Cc2c(C(N)=O)c(-c3cccc(F)c3)nn21. The second-order valence-corrected chi connectivity index (χ2v) is 7.34. The van der Waals surface area contributed by atoms with Crippen molar-refractivity contribution >= 4 is 17.6 Å². The normalized spacial score (nSPS) is 15.1. The molecule has 3 N–H and O–H groups in total. The average molecular weight is 418 g/mol. The van der Waals surface area contributed by atoms with Crippen LogP contribution < -0.4 is 11.1 Å². The Morgan fingerprint density at radius 1 is 1.26 bits per heavy atom. The summed E-state index contributed by atoms with van der Waals surface area (Å²) in [6.45, 7) is 2.35. The highest BCUT2D eigenvalue weighted by molar-refractivity contribution is 6.00. The molecular formula is C22H19FN6O2. The van der Waals surface area contributed by atoms with Gasteiger partial charge in [-0.3, -0.25) is 9.48 Å². The first-order valence-electron chi connectivity index (χ1n) is 9.60. The van der Waals surface area contributed by atoms with Crippen molar-refractivity contribution in [3.05, 3.63) is 71.2 Å². The highest BCUT2D eigenvalue weighted by Crippen LogP contribution is 2.31. The number of carbonyl (C=O) groups excluding carboxylic acids is 2. The van der Waals surface area contributed by atoms with Gasteiger partial charge in [-0.2, -0.15) is 10.4 Å². The number of benzene rings is 2. The summed E-state index contributed by atoms with van der Waals surface area (Å²) >= 11 is 0. The Morgan fingerprint density at radius 3 is 2.65 bits per heavy atom. The van der Waals surface area contributed by atoms with E-state index in [1.54, 1.807) is 39.9 Å². The molecule has 0 bridgehead atoms. The molecule has 8 nitrogen and oxygen atoms in total. The van der Waals surface area contributed by atoms with Crippen molar-refractivity contribution < 1.29 is 14.0 Å². The second-order valence-electron chi connectivity index (χ2n) is 7.34. The molecule has 0 saturated carbocycles. The molecule has 1 aliphatic rings. The van der Waals surface area contributed by atoms with Crippen molar-refractivity contribution in [1.29, 1.82) is 5.26 Å². The third kappa shape index (κ3) is 3.83. The van der Waals surface area contributed by atoms with Crippen LogP contribution in [0.5, 0.6) is 0 Å². The van der Waals surface area contributed by atoms with Crippen molar-refractivity contribution in [3.63, 3.8) is 0 Å². The molecule has 1 atom stereocenters. The number of hydrogen-bond donors (Lipinski definition) is 2. The highest BCUT2D eigenvalue weighted by atomic mass is 19.1. The van der Waals surface area contributed by atoms with Gasteiger partial charge in [0.1, 0.15) is 11.5 Å². The van der Waals surface area contributed by atoms with Gasteiger partial charge in [0.2, 0.25) is 0 Å². The number of amides is 3. The third-order valence-electron chi connectivity index (χ3n) is 5.15. The molecule has 2 heterocycles. The van der Waals surface area contributed by atoms with Crippen LogP contribution in [0, 0.1) is 17.1 Å². The quantitative estimate of drug-likeness (QED) is 0.679. The number of anilines is 1. The summed E-state index contributed by atoms with van der Waals surface area (Å²) in [5.74, 6) is -1.14. The van der Waals surface area contributed by atoms with Gasteiger partial charge in [-0.25, -0.2) is 9.18 Å². The third-order valence-corrected chi connectivity index (χ3v) is 5.15. The Kier molecular flexibility index (Phi) is 5.13. The summed E-state index contributed by atoms with van der Waals surface area (Å²) in [4.78, 5) is 26.7. The molecule has 0 spiro atoms. The van der Waals surface area contributed by atoms with Crippen LogP contribution in [-0.2, 0) is 6.54 Å². The van der Waals surface area contributed by atoms with Crippen LogP contribution in [0.15, 0.2) is 48.5 Å². The minimum atomic E-state index is -0.693. The minimum Gasteiger partial charge on any atom is -0.365 e. The predicted octanol–water partition coefficient (Wildman–Crippen LogP) is 3.27. The number of nitriles is 1. The molecule has 3 amide bonds. The lowest BCUT2D eigenvalue weighted by atomic mass is 10.0. The smallest absolute Gasteiger partial charge is 0.322 e. The summed E-state index contributed by atoms with van der Waals surface area (Å²) in [5.41, 5.74) is 8.09. The zero-order valence-electron chi connectivity index (χ0n) is 16.7. The van der Waals surface area contributed by atoms with Crippen LogP contribution in [0.2, 0.25) is 0 Å². The lowest BCUT2D eigenvalue weighted by Crippen LogP contribution is -2.43. The fourth-order valence-electron chi connectivity index (χ4n) is 3.71. The number of nitrogens with one attached hydrogen (secondary N) is 1. The standard InChI is InChI=1S/C22H19FN6O2/c1-13-11-28(22(31)26-17-7-5-14(10-24)6-8-17)12-18-19(21(25)30)20(27-29(13)18)15-3-2-4-16(23)9-15/h2-9,13H,11-12H2,1H3,(H2,25,30)(H,26,31)/t13-/m1/s1. The van der Waals surface area contributed by atoms with Gasteiger partial charge in [0, 0.05) is 17.8 Å². The van der Waals surface area contributed by atoms with E-state index >= 15 is 0 Å². The molecule has 2 aromatic carbocycles. The predicted molar refractivity (Wildman–Crippen MR) is 111 cm³/mol. The monoisotopic (exact) mass is 418 g/mol. The fraction of sp³-hybridized carbons (Fsp3) is 0.182. The Bertz CT molecular complexity index is 1210. The van der Waals surface area contributed by atoms with Gasteiger partial charge in [0.25, 0.3) is 5.91 Å². The van der Waals surface area contributed by atoms with Gasteiger partial charge in [0.05, 0.1) is 35.5 Å². The molecule has 156 valence electrons. The molecule has 4 rings (SSSR count). The number of rotatable bonds is 3. The van der Waals surface area contributed by atoms with E-state index in [0.717, 1.165) is 0 Å². The molecule has 3 aromatic rings. The van der Waals surface area contributed by atoms with Crippen LogP contribution in [0.1, 0.15) is 34.6 Å². The van der Waals surface area contributed by atoms with Gasteiger partial charge in [-0.15, -0.1) is 0 Å². The van der Waals surface area contributed by atoms with E-state index in [4.69, 9.17) is 11.0 Å². The van der Waals surface area contributed by atoms with Crippen molar-refractivity contribution in [2.45, 2.75) is 19.5 Å². The molecule has 1 aliphatic heterocycles. The lowest BCUT2D eigenvalue weighted by molar-refractivity contribution is 0.0997. The summed E-state index contributed by atoms with van der Waals surface area (Å²) < 4.78 is 15.4. The van der Waals surface area contributed by atoms with Gasteiger partial charge in [0.15, 0.2) is 0 Å². The first-order chi connectivity index (χ1) is 14.9. The number of primary amides is 1. The van der Waals surface area contributed by atoms with Crippen molar-refractivity contribution in [2.24, 2.45) is 5.73 Å².